The molecule has 2 aliphatic rings. The van der Waals surface area contributed by atoms with Crippen LogP contribution in [0.25, 0.3) is 0 Å². The third-order valence-corrected chi connectivity index (χ3v) is 4.65. The largest absolute Gasteiger partial charge is 0.399 e. The zero-order valence-electron chi connectivity index (χ0n) is 8.93. The van der Waals surface area contributed by atoms with Crippen LogP contribution in [0.5, 0.6) is 0 Å². The number of likely N-dealkylation sites (tertiary alicyclic amines) is 1. The third kappa shape index (κ3) is 1.57. The van der Waals surface area contributed by atoms with Crippen LogP contribution in [-0.4, -0.2) is 27.9 Å². The average Bonchev–Trinajstić information content (AvgIpc) is 2.82. The summed E-state index contributed by atoms with van der Waals surface area (Å²) in [5, 5.41) is 0.228. The van der Waals surface area contributed by atoms with Gasteiger partial charge in [0.25, 0.3) is 0 Å². The molecule has 2 N–H and O–H groups in total. The van der Waals surface area contributed by atoms with Crippen LogP contribution in [-0.2, 0) is 11.3 Å². The van der Waals surface area contributed by atoms with Gasteiger partial charge in [-0.2, -0.15) is 0 Å². The van der Waals surface area contributed by atoms with Gasteiger partial charge < -0.3 is 10.6 Å². The first-order valence-corrected chi connectivity index (χ1v) is 6.55. The van der Waals surface area contributed by atoms with E-state index in [-0.39, 0.29) is 5.25 Å². The number of nitrogens with zero attached hydrogens (tertiary/aromatic N) is 1. The Labute approximate surface area is 99.0 Å². The topological polar surface area (TPSA) is 46.3 Å². The molecule has 3 rings (SSSR count). The van der Waals surface area contributed by atoms with Crippen molar-refractivity contribution in [3.8, 4) is 0 Å². The van der Waals surface area contributed by atoms with Crippen LogP contribution in [0.1, 0.15) is 12.0 Å². The Hall–Kier alpha value is -1.16. The molecule has 2 heterocycles. The van der Waals surface area contributed by atoms with Crippen LogP contribution in [0.15, 0.2) is 24.3 Å². The monoisotopic (exact) mass is 234 g/mol. The van der Waals surface area contributed by atoms with E-state index in [2.05, 4.69) is 0 Å². The second-order valence-electron chi connectivity index (χ2n) is 4.42. The number of anilines is 1. The standard InChI is InChI=1S/C12H14N2OS/c13-9-3-1-2-8(4-9)6-14-10-5-11(12(14)15)16-7-10/h1-4,10-11H,5-7,13H2. The van der Waals surface area contributed by atoms with Crippen LogP contribution in [0.3, 0.4) is 0 Å². The molecule has 1 amide bonds. The number of hydrogen-bond donors (Lipinski definition) is 1. The molecule has 0 spiro atoms. The minimum absolute atomic E-state index is 0.228. The van der Waals surface area contributed by atoms with E-state index in [1.807, 2.05) is 29.2 Å². The zero-order chi connectivity index (χ0) is 11.1. The SMILES string of the molecule is Nc1cccc(CN2C(=O)C3CC2CS3)c1. The molecule has 3 nitrogen and oxygen atoms in total. The maximum Gasteiger partial charge on any atom is 0.236 e. The molecule has 16 heavy (non-hydrogen) atoms. The first kappa shape index (κ1) is 10.0. The lowest BCUT2D eigenvalue weighted by atomic mass is 10.2. The highest BCUT2D eigenvalue weighted by Crippen LogP contribution is 2.39. The van der Waals surface area contributed by atoms with Gasteiger partial charge in [0.1, 0.15) is 0 Å². The summed E-state index contributed by atoms with van der Waals surface area (Å²) in [6, 6.07) is 8.24. The average molecular weight is 234 g/mol. The fourth-order valence-electron chi connectivity index (χ4n) is 2.46. The lowest BCUT2D eigenvalue weighted by molar-refractivity contribution is -0.129. The van der Waals surface area contributed by atoms with Crippen molar-refractivity contribution in [1.29, 1.82) is 0 Å². The van der Waals surface area contributed by atoms with Gasteiger partial charge in [0.05, 0.1) is 5.25 Å². The van der Waals surface area contributed by atoms with E-state index in [4.69, 9.17) is 5.73 Å². The third-order valence-electron chi connectivity index (χ3n) is 3.28. The van der Waals surface area contributed by atoms with Gasteiger partial charge in [-0.25, -0.2) is 0 Å². The minimum Gasteiger partial charge on any atom is -0.399 e. The number of carbonyl (C=O) groups is 1. The van der Waals surface area contributed by atoms with Crippen LogP contribution in [0.4, 0.5) is 5.69 Å². The number of amides is 1. The molecule has 4 heteroatoms. The lowest BCUT2D eigenvalue weighted by Gasteiger charge is -2.26. The van der Waals surface area contributed by atoms with Gasteiger partial charge in [-0.05, 0) is 24.1 Å². The maximum absolute atomic E-state index is 11.9. The van der Waals surface area contributed by atoms with E-state index in [0.717, 1.165) is 23.4 Å². The summed E-state index contributed by atoms with van der Waals surface area (Å²) in [5.41, 5.74) is 7.63. The fraction of sp³-hybridized carbons (Fsp3) is 0.417. The first-order chi connectivity index (χ1) is 7.74. The number of hydrogen-bond acceptors (Lipinski definition) is 3. The Balaban J connectivity index is 1.78. The highest BCUT2D eigenvalue weighted by Gasteiger charge is 2.44. The molecule has 1 aromatic carbocycles. The molecule has 0 aliphatic carbocycles. The van der Waals surface area contributed by atoms with Crippen molar-refractivity contribution in [2.45, 2.75) is 24.3 Å². The van der Waals surface area contributed by atoms with Gasteiger partial charge in [0.15, 0.2) is 0 Å². The summed E-state index contributed by atoms with van der Waals surface area (Å²) in [7, 11) is 0. The maximum atomic E-state index is 11.9. The molecular formula is C12H14N2OS. The second-order valence-corrected chi connectivity index (χ2v) is 5.66. The van der Waals surface area contributed by atoms with Crippen molar-refractivity contribution in [2.24, 2.45) is 0 Å². The molecular weight excluding hydrogens is 220 g/mol. The quantitative estimate of drug-likeness (QED) is 0.789. The van der Waals surface area contributed by atoms with Gasteiger partial charge in [0, 0.05) is 24.0 Å². The van der Waals surface area contributed by atoms with Crippen molar-refractivity contribution in [3.05, 3.63) is 29.8 Å². The van der Waals surface area contributed by atoms with Crippen LogP contribution >= 0.6 is 11.8 Å². The molecule has 2 atom stereocenters. The zero-order valence-corrected chi connectivity index (χ0v) is 9.74. The van der Waals surface area contributed by atoms with Gasteiger partial charge in [-0.3, -0.25) is 4.79 Å². The van der Waals surface area contributed by atoms with Gasteiger partial charge in [-0.1, -0.05) is 12.1 Å². The molecule has 2 fully saturated rings. The number of benzene rings is 1. The van der Waals surface area contributed by atoms with Crippen molar-refractivity contribution < 1.29 is 4.79 Å². The highest BCUT2D eigenvalue weighted by atomic mass is 32.2. The van der Waals surface area contributed by atoms with Crippen LogP contribution in [0.2, 0.25) is 0 Å². The Morgan fingerprint density at radius 3 is 3.06 bits per heavy atom. The molecule has 2 unspecified atom stereocenters. The number of carbonyl (C=O) groups excluding carboxylic acids is 1. The van der Waals surface area contributed by atoms with E-state index in [1.165, 1.54) is 0 Å². The molecule has 0 saturated carbocycles. The molecule has 1 aromatic rings. The van der Waals surface area contributed by atoms with Gasteiger partial charge in [-0.15, -0.1) is 11.8 Å². The van der Waals surface area contributed by atoms with Crippen LogP contribution < -0.4 is 5.73 Å². The molecule has 2 saturated heterocycles. The van der Waals surface area contributed by atoms with Crippen molar-refractivity contribution >= 4 is 23.4 Å². The summed E-state index contributed by atoms with van der Waals surface area (Å²) < 4.78 is 0. The molecule has 2 bridgehead atoms. The number of rotatable bonds is 2. The first-order valence-electron chi connectivity index (χ1n) is 5.50. The predicted octanol–water partition coefficient (Wildman–Crippen LogP) is 1.49. The molecule has 0 radical (unpaired) electrons. The minimum atomic E-state index is 0.228. The smallest absolute Gasteiger partial charge is 0.236 e. The Bertz CT molecular complexity index is 435. The summed E-state index contributed by atoms with van der Waals surface area (Å²) in [5.74, 6) is 1.40. The number of thioether (sulfide) groups is 1. The second kappa shape index (κ2) is 3.70. The highest BCUT2D eigenvalue weighted by molar-refractivity contribution is 8.01. The van der Waals surface area contributed by atoms with Gasteiger partial charge in [0.2, 0.25) is 5.91 Å². The van der Waals surface area contributed by atoms with Crippen molar-refractivity contribution in [3.63, 3.8) is 0 Å². The van der Waals surface area contributed by atoms with E-state index in [0.29, 0.717) is 18.5 Å². The number of nitrogen functional groups attached to an aromatic ring is 1. The summed E-state index contributed by atoms with van der Waals surface area (Å²) >= 11 is 1.80. The van der Waals surface area contributed by atoms with E-state index < -0.39 is 0 Å². The molecule has 2 aliphatic heterocycles. The Kier molecular flexibility index (Phi) is 2.32. The molecule has 0 aromatic heterocycles. The van der Waals surface area contributed by atoms with Gasteiger partial charge >= 0.3 is 0 Å². The lowest BCUT2D eigenvalue weighted by Crippen LogP contribution is -2.38. The predicted molar refractivity (Wildman–Crippen MR) is 66.1 cm³/mol. The Morgan fingerprint density at radius 1 is 1.50 bits per heavy atom. The van der Waals surface area contributed by atoms with Crippen LogP contribution in [0, 0.1) is 0 Å². The summed E-state index contributed by atoms with van der Waals surface area (Å²) in [6.45, 7) is 0.714. The summed E-state index contributed by atoms with van der Waals surface area (Å²) in [4.78, 5) is 13.9. The fourth-order valence-corrected chi connectivity index (χ4v) is 3.87. The van der Waals surface area contributed by atoms with E-state index >= 15 is 0 Å². The number of fused-ring (bicyclic) bond motifs is 2. The molecule has 84 valence electrons. The normalized spacial score (nSPS) is 27.8. The van der Waals surface area contributed by atoms with Crippen molar-refractivity contribution in [1.82, 2.24) is 4.90 Å². The van der Waals surface area contributed by atoms with E-state index in [1.54, 1.807) is 11.8 Å². The van der Waals surface area contributed by atoms with E-state index in [9.17, 15) is 4.79 Å². The summed E-state index contributed by atoms with van der Waals surface area (Å²) in [6.07, 6.45) is 1.03. The Morgan fingerprint density at radius 2 is 2.38 bits per heavy atom. The number of nitrogens with two attached hydrogens (primary N) is 1. The van der Waals surface area contributed by atoms with Crippen molar-refractivity contribution in [2.75, 3.05) is 11.5 Å².